The molecule has 1 aromatic carbocycles. The average molecular weight is 290 g/mol. The summed E-state index contributed by atoms with van der Waals surface area (Å²) < 4.78 is 5.07. The van der Waals surface area contributed by atoms with E-state index in [-0.39, 0.29) is 11.9 Å². The molecule has 1 aromatic rings. The molecule has 0 aromatic heterocycles. The van der Waals surface area contributed by atoms with Crippen LogP contribution in [0.3, 0.4) is 0 Å². The molecule has 1 amide bonds. The molecule has 5 heteroatoms. The van der Waals surface area contributed by atoms with Crippen LogP contribution in [0.15, 0.2) is 24.3 Å². The molecule has 0 saturated carbocycles. The van der Waals surface area contributed by atoms with Gasteiger partial charge in [0.15, 0.2) is 0 Å². The predicted molar refractivity (Wildman–Crippen MR) is 80.4 cm³/mol. The number of rotatable bonds is 4. The van der Waals surface area contributed by atoms with E-state index in [0.29, 0.717) is 17.7 Å². The van der Waals surface area contributed by atoms with Crippen molar-refractivity contribution in [1.82, 2.24) is 9.80 Å². The van der Waals surface area contributed by atoms with E-state index in [9.17, 15) is 9.59 Å². The maximum Gasteiger partial charge on any atom is 0.338 e. The molecule has 2 rings (SSSR count). The second-order valence-electron chi connectivity index (χ2n) is 5.31. The molecule has 0 bridgehead atoms. The smallest absolute Gasteiger partial charge is 0.338 e. The Kier molecular flexibility index (Phi) is 5.33. The summed E-state index contributed by atoms with van der Waals surface area (Å²) in [6, 6.07) is 6.70. The molecule has 1 heterocycles. The van der Waals surface area contributed by atoms with Gasteiger partial charge in [0.25, 0.3) is 5.91 Å². The van der Waals surface area contributed by atoms with Gasteiger partial charge in [-0.2, -0.15) is 0 Å². The van der Waals surface area contributed by atoms with E-state index in [1.165, 1.54) is 0 Å². The lowest BCUT2D eigenvalue weighted by molar-refractivity contribution is 0.0504. The Balaban J connectivity index is 1.98. The van der Waals surface area contributed by atoms with Gasteiger partial charge in [-0.3, -0.25) is 4.79 Å². The lowest BCUT2D eigenvalue weighted by Gasteiger charge is -2.32. The molecule has 0 aliphatic carbocycles. The van der Waals surface area contributed by atoms with Crippen molar-refractivity contribution in [2.75, 3.05) is 39.8 Å². The van der Waals surface area contributed by atoms with E-state index in [2.05, 4.69) is 11.9 Å². The van der Waals surface area contributed by atoms with Crippen LogP contribution >= 0.6 is 0 Å². The summed E-state index contributed by atoms with van der Waals surface area (Å²) >= 11 is 0. The fourth-order valence-electron chi connectivity index (χ4n) is 2.22. The molecule has 1 fully saturated rings. The highest BCUT2D eigenvalue weighted by atomic mass is 16.5. The predicted octanol–water partition coefficient (Wildman–Crippen LogP) is 1.64. The maximum atomic E-state index is 12.4. The Morgan fingerprint density at radius 2 is 1.62 bits per heavy atom. The molecular formula is C16H22N2O3. The first-order valence-electron chi connectivity index (χ1n) is 7.37. The third-order valence-electron chi connectivity index (χ3n) is 3.60. The van der Waals surface area contributed by atoms with Crippen LogP contribution < -0.4 is 0 Å². The molecule has 1 aliphatic rings. The van der Waals surface area contributed by atoms with Crippen molar-refractivity contribution in [3.05, 3.63) is 35.4 Å². The third kappa shape index (κ3) is 4.04. The summed E-state index contributed by atoms with van der Waals surface area (Å²) in [6.07, 6.45) is 0.797. The van der Waals surface area contributed by atoms with E-state index in [0.717, 1.165) is 32.6 Å². The van der Waals surface area contributed by atoms with E-state index in [1.54, 1.807) is 24.3 Å². The molecule has 0 N–H and O–H groups in total. The zero-order valence-electron chi connectivity index (χ0n) is 12.7. The number of hydrogen-bond acceptors (Lipinski definition) is 4. The van der Waals surface area contributed by atoms with E-state index >= 15 is 0 Å². The molecule has 0 radical (unpaired) electrons. The first-order valence-corrected chi connectivity index (χ1v) is 7.37. The number of esters is 1. The van der Waals surface area contributed by atoms with Crippen LogP contribution in [0.2, 0.25) is 0 Å². The van der Waals surface area contributed by atoms with E-state index in [4.69, 9.17) is 4.74 Å². The van der Waals surface area contributed by atoms with Crippen LogP contribution in [0.25, 0.3) is 0 Å². The second kappa shape index (κ2) is 7.22. The van der Waals surface area contributed by atoms with E-state index in [1.807, 2.05) is 11.8 Å². The van der Waals surface area contributed by atoms with Crippen molar-refractivity contribution >= 4 is 11.9 Å². The summed E-state index contributed by atoms with van der Waals surface area (Å²) in [4.78, 5) is 28.1. The molecule has 1 saturated heterocycles. The minimum absolute atomic E-state index is 0.0246. The van der Waals surface area contributed by atoms with Crippen molar-refractivity contribution in [3.63, 3.8) is 0 Å². The fourth-order valence-corrected chi connectivity index (χ4v) is 2.22. The molecule has 0 atom stereocenters. The maximum absolute atomic E-state index is 12.4. The topological polar surface area (TPSA) is 49.9 Å². The van der Waals surface area contributed by atoms with Crippen molar-refractivity contribution in [2.45, 2.75) is 13.3 Å². The molecule has 114 valence electrons. The Bertz CT molecular complexity index is 491. The van der Waals surface area contributed by atoms with Gasteiger partial charge in [-0.1, -0.05) is 6.92 Å². The first kappa shape index (κ1) is 15.5. The van der Waals surface area contributed by atoms with Crippen molar-refractivity contribution in [2.24, 2.45) is 0 Å². The van der Waals surface area contributed by atoms with Crippen LogP contribution in [-0.2, 0) is 4.74 Å². The van der Waals surface area contributed by atoms with Crippen LogP contribution in [0.4, 0.5) is 0 Å². The summed E-state index contributed by atoms with van der Waals surface area (Å²) in [5.41, 5.74) is 1.10. The largest absolute Gasteiger partial charge is 0.462 e. The highest BCUT2D eigenvalue weighted by Crippen LogP contribution is 2.11. The van der Waals surface area contributed by atoms with Gasteiger partial charge >= 0.3 is 5.97 Å². The molecule has 0 unspecified atom stereocenters. The summed E-state index contributed by atoms with van der Waals surface area (Å²) in [7, 11) is 2.05. The van der Waals surface area contributed by atoms with Crippen molar-refractivity contribution < 1.29 is 14.3 Å². The van der Waals surface area contributed by atoms with Gasteiger partial charge in [-0.25, -0.2) is 4.79 Å². The summed E-state index contributed by atoms with van der Waals surface area (Å²) in [5.74, 6) is -0.313. The highest BCUT2D eigenvalue weighted by Gasteiger charge is 2.20. The number of amides is 1. The van der Waals surface area contributed by atoms with Crippen LogP contribution in [0, 0.1) is 0 Å². The van der Waals surface area contributed by atoms with Crippen LogP contribution in [0.1, 0.15) is 34.1 Å². The minimum Gasteiger partial charge on any atom is -0.462 e. The molecule has 21 heavy (non-hydrogen) atoms. The molecule has 5 nitrogen and oxygen atoms in total. The van der Waals surface area contributed by atoms with Gasteiger partial charge in [-0.15, -0.1) is 0 Å². The normalized spacial score (nSPS) is 15.8. The highest BCUT2D eigenvalue weighted by molar-refractivity contribution is 5.96. The van der Waals surface area contributed by atoms with Gasteiger partial charge in [0.05, 0.1) is 12.2 Å². The van der Waals surface area contributed by atoms with Gasteiger partial charge in [0.2, 0.25) is 0 Å². The number of ether oxygens (including phenoxy) is 1. The third-order valence-corrected chi connectivity index (χ3v) is 3.60. The molecule has 0 spiro atoms. The monoisotopic (exact) mass is 290 g/mol. The fraction of sp³-hybridized carbons (Fsp3) is 0.500. The Labute approximate surface area is 125 Å². The number of carbonyl (C=O) groups excluding carboxylic acids is 2. The van der Waals surface area contributed by atoms with E-state index < -0.39 is 0 Å². The zero-order chi connectivity index (χ0) is 15.2. The summed E-state index contributed by atoms with van der Waals surface area (Å²) in [5, 5.41) is 0. The van der Waals surface area contributed by atoms with Gasteiger partial charge in [0.1, 0.15) is 0 Å². The lowest BCUT2D eigenvalue weighted by atomic mass is 10.1. The Morgan fingerprint density at radius 3 is 2.19 bits per heavy atom. The number of likely N-dealkylation sites (N-methyl/N-ethyl adjacent to an activating group) is 1. The standard InChI is InChI=1S/C16H22N2O3/c1-3-12-21-16(20)14-6-4-13(5-7-14)15(19)18-10-8-17(2)9-11-18/h4-7H,3,8-12H2,1-2H3. The number of nitrogens with zero attached hydrogens (tertiary/aromatic N) is 2. The lowest BCUT2D eigenvalue weighted by Crippen LogP contribution is -2.47. The van der Waals surface area contributed by atoms with Crippen LogP contribution in [-0.4, -0.2) is 61.5 Å². The molecule has 1 aliphatic heterocycles. The second-order valence-corrected chi connectivity index (χ2v) is 5.31. The minimum atomic E-state index is -0.338. The average Bonchev–Trinajstić information content (AvgIpc) is 2.53. The molecular weight excluding hydrogens is 268 g/mol. The number of piperazine rings is 1. The SMILES string of the molecule is CCCOC(=O)c1ccc(C(=O)N2CCN(C)CC2)cc1. The van der Waals surface area contributed by atoms with Crippen LogP contribution in [0.5, 0.6) is 0 Å². The van der Waals surface area contributed by atoms with Crippen molar-refractivity contribution in [1.29, 1.82) is 0 Å². The quantitative estimate of drug-likeness (QED) is 0.791. The van der Waals surface area contributed by atoms with Gasteiger partial charge in [0, 0.05) is 31.7 Å². The van der Waals surface area contributed by atoms with Gasteiger partial charge in [-0.05, 0) is 37.7 Å². The Hall–Kier alpha value is -1.88. The first-order chi connectivity index (χ1) is 10.1. The Morgan fingerprint density at radius 1 is 1.05 bits per heavy atom. The number of benzene rings is 1. The zero-order valence-corrected chi connectivity index (χ0v) is 12.7. The number of carbonyl (C=O) groups is 2. The van der Waals surface area contributed by atoms with Crippen molar-refractivity contribution in [3.8, 4) is 0 Å². The van der Waals surface area contributed by atoms with Gasteiger partial charge < -0.3 is 14.5 Å². The number of hydrogen-bond donors (Lipinski definition) is 0. The summed E-state index contributed by atoms with van der Waals surface area (Å²) in [6.45, 7) is 5.65.